The maximum atomic E-state index is 12.2. The standard InChI is InChI=1S/C16H13ClO2/c1-2-14-15(18)12-8-11(9-13(17)16(12)19-14)10-6-4-3-5-7-10/h3-9,14H,2H2,1H3. The Labute approximate surface area is 117 Å². The van der Waals surface area contributed by atoms with Crippen LogP contribution in [0.1, 0.15) is 23.7 Å². The molecule has 0 spiro atoms. The van der Waals surface area contributed by atoms with Crippen molar-refractivity contribution in [1.29, 1.82) is 0 Å². The number of rotatable bonds is 2. The Kier molecular flexibility index (Phi) is 3.03. The van der Waals surface area contributed by atoms with Crippen LogP contribution in [0.3, 0.4) is 0 Å². The van der Waals surface area contributed by atoms with Gasteiger partial charge in [-0.25, -0.2) is 0 Å². The third kappa shape index (κ3) is 2.02. The van der Waals surface area contributed by atoms with E-state index in [9.17, 15) is 4.79 Å². The van der Waals surface area contributed by atoms with Crippen molar-refractivity contribution in [2.45, 2.75) is 19.4 Å². The fourth-order valence-corrected chi connectivity index (χ4v) is 2.60. The fourth-order valence-electron chi connectivity index (χ4n) is 2.33. The molecule has 0 aliphatic carbocycles. The summed E-state index contributed by atoms with van der Waals surface area (Å²) in [4.78, 5) is 12.2. The van der Waals surface area contributed by atoms with Crippen molar-refractivity contribution in [2.24, 2.45) is 0 Å². The van der Waals surface area contributed by atoms with E-state index in [0.29, 0.717) is 22.8 Å². The van der Waals surface area contributed by atoms with Gasteiger partial charge in [0.05, 0.1) is 10.6 Å². The molecule has 19 heavy (non-hydrogen) atoms. The minimum absolute atomic E-state index is 0.0252. The van der Waals surface area contributed by atoms with Gasteiger partial charge in [-0.1, -0.05) is 48.9 Å². The minimum Gasteiger partial charge on any atom is -0.480 e. The molecule has 2 nitrogen and oxygen atoms in total. The molecule has 1 aliphatic rings. The highest BCUT2D eigenvalue weighted by Gasteiger charge is 2.33. The number of carbonyl (C=O) groups is 1. The monoisotopic (exact) mass is 272 g/mol. The van der Waals surface area contributed by atoms with E-state index < -0.39 is 6.10 Å². The van der Waals surface area contributed by atoms with Crippen molar-refractivity contribution in [1.82, 2.24) is 0 Å². The van der Waals surface area contributed by atoms with E-state index in [-0.39, 0.29) is 5.78 Å². The van der Waals surface area contributed by atoms with Gasteiger partial charge in [-0.15, -0.1) is 0 Å². The number of hydrogen-bond donors (Lipinski definition) is 0. The average molecular weight is 273 g/mol. The second-order valence-corrected chi connectivity index (χ2v) is 4.99. The molecule has 0 saturated carbocycles. The molecule has 2 aromatic rings. The molecular weight excluding hydrogens is 260 g/mol. The lowest BCUT2D eigenvalue weighted by atomic mass is 10.00. The minimum atomic E-state index is -0.390. The molecule has 3 rings (SSSR count). The van der Waals surface area contributed by atoms with Gasteiger partial charge in [-0.2, -0.15) is 0 Å². The highest BCUT2D eigenvalue weighted by Crippen LogP contribution is 2.40. The van der Waals surface area contributed by atoms with Gasteiger partial charge < -0.3 is 4.74 Å². The smallest absolute Gasteiger partial charge is 0.207 e. The van der Waals surface area contributed by atoms with Gasteiger partial charge in [0.2, 0.25) is 5.78 Å². The van der Waals surface area contributed by atoms with Crippen LogP contribution in [0.2, 0.25) is 5.02 Å². The molecule has 96 valence electrons. The number of halogens is 1. The first kappa shape index (κ1) is 12.2. The number of carbonyl (C=O) groups excluding carboxylic acids is 1. The number of benzene rings is 2. The van der Waals surface area contributed by atoms with E-state index >= 15 is 0 Å². The van der Waals surface area contributed by atoms with Crippen molar-refractivity contribution in [3.05, 3.63) is 53.1 Å². The van der Waals surface area contributed by atoms with Gasteiger partial charge in [-0.05, 0) is 29.7 Å². The summed E-state index contributed by atoms with van der Waals surface area (Å²) in [6.07, 6.45) is 0.267. The SMILES string of the molecule is CCC1Oc2c(Cl)cc(-c3ccccc3)cc2C1=O. The maximum absolute atomic E-state index is 12.2. The number of ketones is 1. The normalized spacial score (nSPS) is 17.2. The van der Waals surface area contributed by atoms with Crippen LogP contribution in [0.5, 0.6) is 5.75 Å². The van der Waals surface area contributed by atoms with Crippen LogP contribution in [0.25, 0.3) is 11.1 Å². The number of Topliss-reactive ketones (excluding diaryl/α,β-unsaturated/α-hetero) is 1. The largest absolute Gasteiger partial charge is 0.480 e. The highest BCUT2D eigenvalue weighted by molar-refractivity contribution is 6.33. The quantitative estimate of drug-likeness (QED) is 0.812. The summed E-state index contributed by atoms with van der Waals surface area (Å²) in [6, 6.07) is 13.6. The zero-order valence-electron chi connectivity index (χ0n) is 10.5. The molecular formula is C16H13ClO2. The van der Waals surface area contributed by atoms with E-state index in [2.05, 4.69) is 0 Å². The first-order chi connectivity index (χ1) is 9.20. The maximum Gasteiger partial charge on any atom is 0.207 e. The van der Waals surface area contributed by atoms with Crippen molar-refractivity contribution < 1.29 is 9.53 Å². The second kappa shape index (κ2) is 4.71. The van der Waals surface area contributed by atoms with Crippen molar-refractivity contribution in [3.8, 4) is 16.9 Å². The summed E-state index contributed by atoms with van der Waals surface area (Å²) >= 11 is 6.24. The third-order valence-corrected chi connectivity index (χ3v) is 3.62. The van der Waals surface area contributed by atoms with Crippen LogP contribution in [0.4, 0.5) is 0 Å². The molecule has 0 saturated heterocycles. The van der Waals surface area contributed by atoms with Gasteiger partial charge in [0, 0.05) is 0 Å². The van der Waals surface area contributed by atoms with Crippen molar-refractivity contribution in [2.75, 3.05) is 0 Å². The van der Waals surface area contributed by atoms with Crippen molar-refractivity contribution >= 4 is 17.4 Å². The lowest BCUT2D eigenvalue weighted by Gasteiger charge is -2.07. The van der Waals surface area contributed by atoms with Crippen LogP contribution < -0.4 is 4.74 Å². The third-order valence-electron chi connectivity index (χ3n) is 3.34. The van der Waals surface area contributed by atoms with Crippen LogP contribution >= 0.6 is 11.6 Å². The van der Waals surface area contributed by atoms with Gasteiger partial charge in [0.15, 0.2) is 6.10 Å². The van der Waals surface area contributed by atoms with Gasteiger partial charge >= 0.3 is 0 Å². The van der Waals surface area contributed by atoms with Gasteiger partial charge in [0.1, 0.15) is 5.75 Å². The molecule has 0 amide bonds. The van der Waals surface area contributed by atoms with E-state index in [0.717, 1.165) is 11.1 Å². The first-order valence-electron chi connectivity index (χ1n) is 6.30. The lowest BCUT2D eigenvalue weighted by molar-refractivity contribution is 0.0853. The molecule has 2 aromatic carbocycles. The van der Waals surface area contributed by atoms with Crippen LogP contribution in [0.15, 0.2) is 42.5 Å². The summed E-state index contributed by atoms with van der Waals surface area (Å²) in [6.45, 7) is 1.93. The van der Waals surface area contributed by atoms with E-state index in [4.69, 9.17) is 16.3 Å². The zero-order chi connectivity index (χ0) is 13.4. The lowest BCUT2D eigenvalue weighted by Crippen LogP contribution is -2.18. The fraction of sp³-hybridized carbons (Fsp3) is 0.188. The van der Waals surface area contributed by atoms with Crippen molar-refractivity contribution in [3.63, 3.8) is 0 Å². The molecule has 1 aliphatic heterocycles. The summed E-state index contributed by atoms with van der Waals surface area (Å²) in [5.74, 6) is 0.551. The molecule has 1 heterocycles. The van der Waals surface area contributed by atoms with Gasteiger partial charge in [-0.3, -0.25) is 4.79 Å². The highest BCUT2D eigenvalue weighted by atomic mass is 35.5. The Balaban J connectivity index is 2.12. The van der Waals surface area contributed by atoms with E-state index in [1.165, 1.54) is 0 Å². The second-order valence-electron chi connectivity index (χ2n) is 4.58. The molecule has 1 unspecified atom stereocenters. The molecule has 3 heteroatoms. The Morgan fingerprint density at radius 2 is 1.89 bits per heavy atom. The van der Waals surface area contributed by atoms with E-state index in [1.807, 2.05) is 49.4 Å². The molecule has 0 aromatic heterocycles. The van der Waals surface area contributed by atoms with Gasteiger partial charge in [0.25, 0.3) is 0 Å². The Bertz CT molecular complexity index is 635. The predicted octanol–water partition coefficient (Wildman–Crippen LogP) is 4.36. The Hall–Kier alpha value is -1.80. The predicted molar refractivity (Wildman–Crippen MR) is 75.9 cm³/mol. The number of ether oxygens (including phenoxy) is 1. The molecule has 0 fully saturated rings. The zero-order valence-corrected chi connectivity index (χ0v) is 11.3. The molecule has 0 bridgehead atoms. The summed E-state index contributed by atoms with van der Waals surface area (Å²) in [5.41, 5.74) is 2.58. The molecule has 0 N–H and O–H groups in total. The number of hydrogen-bond acceptors (Lipinski definition) is 2. The van der Waals surface area contributed by atoms with E-state index in [1.54, 1.807) is 0 Å². The summed E-state index contributed by atoms with van der Waals surface area (Å²) in [7, 11) is 0. The van der Waals surface area contributed by atoms with Crippen LogP contribution in [0, 0.1) is 0 Å². The average Bonchev–Trinajstić information content (AvgIpc) is 2.77. The topological polar surface area (TPSA) is 26.3 Å². The van der Waals surface area contributed by atoms with Crippen LogP contribution in [-0.2, 0) is 0 Å². The Morgan fingerprint density at radius 3 is 2.58 bits per heavy atom. The summed E-state index contributed by atoms with van der Waals surface area (Å²) < 4.78 is 5.61. The Morgan fingerprint density at radius 1 is 1.16 bits per heavy atom. The molecule has 0 radical (unpaired) electrons. The number of fused-ring (bicyclic) bond motifs is 1. The first-order valence-corrected chi connectivity index (χ1v) is 6.68. The van der Waals surface area contributed by atoms with Crippen LogP contribution in [-0.4, -0.2) is 11.9 Å². The molecule has 1 atom stereocenters. The summed E-state index contributed by atoms with van der Waals surface area (Å²) in [5, 5.41) is 0.501.